The molecule has 3 N–H and O–H groups in total. The predicted octanol–water partition coefficient (Wildman–Crippen LogP) is -0.192. The van der Waals surface area contributed by atoms with Gasteiger partial charge in [0.25, 0.3) is 0 Å². The number of hydrogen-bond acceptors (Lipinski definition) is 3. The number of amidine groups is 1. The van der Waals surface area contributed by atoms with Crippen molar-refractivity contribution in [1.29, 1.82) is 0 Å². The zero-order chi connectivity index (χ0) is 5.98. The Kier molecular flexibility index (Phi) is 1.20. The van der Waals surface area contributed by atoms with E-state index in [0.29, 0.717) is 12.5 Å². The lowest BCUT2D eigenvalue weighted by Gasteiger charge is -2.06. The highest BCUT2D eigenvalue weighted by Gasteiger charge is 1.97. The van der Waals surface area contributed by atoms with E-state index < -0.39 is 0 Å². The molecule has 1 aliphatic rings. The molecule has 1 aliphatic heterocycles. The molecule has 0 bridgehead atoms. The minimum atomic E-state index is 0.614. The first-order chi connectivity index (χ1) is 3.80. The van der Waals surface area contributed by atoms with Crippen LogP contribution in [0.5, 0.6) is 0 Å². The third kappa shape index (κ3) is 0.804. The molecule has 0 radical (unpaired) electrons. The standard InChI is InChI=1S/C5H9N3/c1-4-2-7-3-8-5(4)6/h2,7H,3H2,1H3,(H2,6,8). The number of rotatable bonds is 0. The highest BCUT2D eigenvalue weighted by atomic mass is 15.0. The number of nitrogens with one attached hydrogen (secondary N) is 1. The van der Waals surface area contributed by atoms with Crippen molar-refractivity contribution in [2.24, 2.45) is 10.7 Å². The summed E-state index contributed by atoms with van der Waals surface area (Å²) in [4.78, 5) is 3.93. The van der Waals surface area contributed by atoms with Gasteiger partial charge in [-0.25, -0.2) is 4.99 Å². The Morgan fingerprint density at radius 3 is 3.00 bits per heavy atom. The van der Waals surface area contributed by atoms with Crippen LogP contribution in [0.25, 0.3) is 0 Å². The molecule has 44 valence electrons. The molecular weight excluding hydrogens is 102 g/mol. The van der Waals surface area contributed by atoms with Gasteiger partial charge in [0.2, 0.25) is 0 Å². The minimum Gasteiger partial charge on any atom is -0.384 e. The molecule has 3 nitrogen and oxygen atoms in total. The number of aliphatic imine (C=N–C) groups is 1. The Hall–Kier alpha value is -0.990. The van der Waals surface area contributed by atoms with Crippen molar-refractivity contribution in [3.8, 4) is 0 Å². The normalized spacial score (nSPS) is 18.6. The van der Waals surface area contributed by atoms with Gasteiger partial charge in [0.15, 0.2) is 0 Å². The summed E-state index contributed by atoms with van der Waals surface area (Å²) in [6.07, 6.45) is 1.86. The van der Waals surface area contributed by atoms with Crippen LogP contribution in [-0.2, 0) is 0 Å². The van der Waals surface area contributed by atoms with E-state index in [1.807, 2.05) is 13.1 Å². The average Bonchev–Trinajstić information content (AvgIpc) is 1.77. The molecular formula is C5H9N3. The monoisotopic (exact) mass is 111 g/mol. The molecule has 0 aromatic heterocycles. The van der Waals surface area contributed by atoms with E-state index in [2.05, 4.69) is 10.3 Å². The first-order valence-corrected chi connectivity index (χ1v) is 2.51. The molecule has 1 heterocycles. The van der Waals surface area contributed by atoms with E-state index in [1.54, 1.807) is 0 Å². The summed E-state index contributed by atoms with van der Waals surface area (Å²) in [6.45, 7) is 2.54. The van der Waals surface area contributed by atoms with Gasteiger partial charge < -0.3 is 11.1 Å². The van der Waals surface area contributed by atoms with Gasteiger partial charge in [-0.2, -0.15) is 0 Å². The molecule has 0 spiro atoms. The van der Waals surface area contributed by atoms with E-state index in [1.165, 1.54) is 0 Å². The molecule has 8 heavy (non-hydrogen) atoms. The maximum absolute atomic E-state index is 5.42. The molecule has 0 aliphatic carbocycles. The summed E-state index contributed by atoms with van der Waals surface area (Å²) in [7, 11) is 0. The smallest absolute Gasteiger partial charge is 0.124 e. The van der Waals surface area contributed by atoms with Gasteiger partial charge in [-0.15, -0.1) is 0 Å². The molecule has 3 heteroatoms. The van der Waals surface area contributed by atoms with Crippen LogP contribution in [0, 0.1) is 0 Å². The van der Waals surface area contributed by atoms with Crippen molar-refractivity contribution in [3.05, 3.63) is 11.8 Å². The number of nitrogens with zero attached hydrogens (tertiary/aromatic N) is 1. The van der Waals surface area contributed by atoms with Crippen LogP contribution in [0.3, 0.4) is 0 Å². The van der Waals surface area contributed by atoms with E-state index in [4.69, 9.17) is 5.73 Å². The topological polar surface area (TPSA) is 50.4 Å². The van der Waals surface area contributed by atoms with Crippen molar-refractivity contribution in [2.75, 3.05) is 6.67 Å². The molecule has 1 rings (SSSR count). The second-order valence-corrected chi connectivity index (χ2v) is 1.73. The molecule has 0 atom stereocenters. The highest BCUT2D eigenvalue weighted by molar-refractivity contribution is 5.96. The molecule has 0 saturated heterocycles. The van der Waals surface area contributed by atoms with Crippen LogP contribution < -0.4 is 11.1 Å². The van der Waals surface area contributed by atoms with Crippen LogP contribution in [0.1, 0.15) is 6.92 Å². The van der Waals surface area contributed by atoms with Gasteiger partial charge in [0.1, 0.15) is 12.5 Å². The molecule has 0 aromatic rings. The SMILES string of the molecule is CC1=CNCN=C1N. The lowest BCUT2D eigenvalue weighted by atomic mass is 10.3. The lowest BCUT2D eigenvalue weighted by molar-refractivity contribution is 0.859. The number of nitrogens with two attached hydrogens (primary N) is 1. The van der Waals surface area contributed by atoms with Gasteiger partial charge in [0, 0.05) is 11.8 Å². The summed E-state index contributed by atoms with van der Waals surface area (Å²) in [5.74, 6) is 0.642. The van der Waals surface area contributed by atoms with Gasteiger partial charge in [-0.1, -0.05) is 0 Å². The van der Waals surface area contributed by atoms with E-state index in [0.717, 1.165) is 5.57 Å². The molecule has 0 unspecified atom stereocenters. The second kappa shape index (κ2) is 1.86. The van der Waals surface area contributed by atoms with Gasteiger partial charge in [-0.3, -0.25) is 0 Å². The highest BCUT2D eigenvalue weighted by Crippen LogP contribution is 1.93. The fourth-order valence-corrected chi connectivity index (χ4v) is 0.528. The fourth-order valence-electron chi connectivity index (χ4n) is 0.528. The van der Waals surface area contributed by atoms with Crippen molar-refractivity contribution < 1.29 is 0 Å². The summed E-state index contributed by atoms with van der Waals surface area (Å²) < 4.78 is 0. The van der Waals surface area contributed by atoms with Crippen LogP contribution in [0.2, 0.25) is 0 Å². The van der Waals surface area contributed by atoms with Crippen molar-refractivity contribution >= 4 is 5.84 Å². The summed E-state index contributed by atoms with van der Waals surface area (Å²) >= 11 is 0. The molecule has 0 saturated carbocycles. The fraction of sp³-hybridized carbons (Fsp3) is 0.400. The first kappa shape index (κ1) is 5.15. The summed E-state index contributed by atoms with van der Waals surface area (Å²) in [5.41, 5.74) is 6.43. The van der Waals surface area contributed by atoms with Crippen LogP contribution >= 0.6 is 0 Å². The Morgan fingerprint density at radius 2 is 2.62 bits per heavy atom. The second-order valence-electron chi connectivity index (χ2n) is 1.73. The van der Waals surface area contributed by atoms with Gasteiger partial charge in [0.05, 0.1) is 0 Å². The largest absolute Gasteiger partial charge is 0.384 e. The van der Waals surface area contributed by atoms with Gasteiger partial charge >= 0.3 is 0 Å². The minimum absolute atomic E-state index is 0.614. The van der Waals surface area contributed by atoms with E-state index >= 15 is 0 Å². The van der Waals surface area contributed by atoms with Gasteiger partial charge in [-0.05, 0) is 6.92 Å². The third-order valence-electron chi connectivity index (χ3n) is 1.06. The number of hydrogen-bond donors (Lipinski definition) is 2. The van der Waals surface area contributed by atoms with Crippen LogP contribution in [0.15, 0.2) is 16.8 Å². The summed E-state index contributed by atoms with van der Waals surface area (Å²) in [5, 5.41) is 2.94. The molecule has 0 amide bonds. The average molecular weight is 111 g/mol. The Balaban J connectivity index is 2.73. The maximum atomic E-state index is 5.42. The summed E-state index contributed by atoms with van der Waals surface area (Å²) in [6, 6.07) is 0. The van der Waals surface area contributed by atoms with E-state index in [-0.39, 0.29) is 0 Å². The quantitative estimate of drug-likeness (QED) is 0.455. The first-order valence-electron chi connectivity index (χ1n) is 2.51. The predicted molar refractivity (Wildman–Crippen MR) is 33.4 cm³/mol. The van der Waals surface area contributed by atoms with Crippen LogP contribution in [0.4, 0.5) is 0 Å². The zero-order valence-electron chi connectivity index (χ0n) is 4.81. The Morgan fingerprint density at radius 1 is 1.88 bits per heavy atom. The van der Waals surface area contributed by atoms with E-state index in [9.17, 15) is 0 Å². The van der Waals surface area contributed by atoms with Crippen LogP contribution in [-0.4, -0.2) is 12.5 Å². The van der Waals surface area contributed by atoms with Crippen molar-refractivity contribution in [1.82, 2.24) is 5.32 Å². The Labute approximate surface area is 48.3 Å². The zero-order valence-corrected chi connectivity index (χ0v) is 4.81. The maximum Gasteiger partial charge on any atom is 0.124 e. The molecule has 0 aromatic carbocycles. The van der Waals surface area contributed by atoms with Crippen molar-refractivity contribution in [2.45, 2.75) is 6.92 Å². The lowest BCUT2D eigenvalue weighted by Crippen LogP contribution is -2.23. The third-order valence-corrected chi connectivity index (χ3v) is 1.06. The van der Waals surface area contributed by atoms with Crippen molar-refractivity contribution in [3.63, 3.8) is 0 Å². The Bertz CT molecular complexity index is 128. The molecule has 0 fully saturated rings.